The molecular weight excluding hydrogens is 470 g/mol. The first-order chi connectivity index (χ1) is 16.8. The van der Waals surface area contributed by atoms with Crippen molar-refractivity contribution in [2.75, 3.05) is 13.2 Å². The Morgan fingerprint density at radius 3 is 2.17 bits per heavy atom. The minimum absolute atomic E-state index is 0.0225. The molecule has 0 aliphatic carbocycles. The lowest BCUT2D eigenvalue weighted by Crippen LogP contribution is -2.56. The SMILES string of the molecule is CC(C)C(NC(=O)OC(C)(C)C)C(=O)OCCN1C(=O)CC[C@H](N2C(=O)c3ccccc3C2=O)C1=O. The standard InChI is InChI=1S/C25H31N3O8/c1-14(2)19(26-24(34)36-25(3,4)5)23(33)35-13-12-27-18(29)11-10-17(22(27)32)28-20(30)15-8-6-7-9-16(15)21(28)31/h6-9,14,17,19H,10-13H2,1-5H3,(H,26,34)/t17-,19?/m0/s1. The largest absolute Gasteiger partial charge is 0.462 e. The number of fused-ring (bicyclic) bond motifs is 1. The monoisotopic (exact) mass is 501 g/mol. The van der Waals surface area contributed by atoms with Crippen LogP contribution >= 0.6 is 0 Å². The van der Waals surface area contributed by atoms with Gasteiger partial charge >= 0.3 is 12.1 Å². The van der Waals surface area contributed by atoms with Crippen molar-refractivity contribution in [1.29, 1.82) is 0 Å². The van der Waals surface area contributed by atoms with Gasteiger partial charge in [0.05, 0.1) is 17.7 Å². The van der Waals surface area contributed by atoms with E-state index in [1.807, 2.05) is 0 Å². The number of carbonyl (C=O) groups excluding carboxylic acids is 6. The second kappa shape index (κ2) is 10.5. The Balaban J connectivity index is 1.62. The third-order valence-corrected chi connectivity index (χ3v) is 5.77. The maximum absolute atomic E-state index is 13.1. The molecule has 11 heteroatoms. The van der Waals surface area contributed by atoms with E-state index >= 15 is 0 Å². The molecule has 0 radical (unpaired) electrons. The van der Waals surface area contributed by atoms with Gasteiger partial charge < -0.3 is 14.8 Å². The maximum atomic E-state index is 13.1. The number of imide groups is 2. The normalized spacial score (nSPS) is 18.9. The number of hydrogen-bond donors (Lipinski definition) is 1. The molecule has 1 N–H and O–H groups in total. The molecule has 11 nitrogen and oxygen atoms in total. The van der Waals surface area contributed by atoms with Crippen LogP contribution < -0.4 is 5.32 Å². The summed E-state index contributed by atoms with van der Waals surface area (Å²) < 4.78 is 10.4. The van der Waals surface area contributed by atoms with Gasteiger partial charge in [-0.3, -0.25) is 29.0 Å². The van der Waals surface area contributed by atoms with E-state index in [1.54, 1.807) is 46.8 Å². The van der Waals surface area contributed by atoms with E-state index in [-0.39, 0.29) is 43.0 Å². The van der Waals surface area contributed by atoms with Crippen LogP contribution in [0.5, 0.6) is 0 Å². The Bertz CT molecular complexity index is 1060. The summed E-state index contributed by atoms with van der Waals surface area (Å²) in [7, 11) is 0. The highest BCUT2D eigenvalue weighted by Gasteiger charge is 2.46. The molecule has 2 heterocycles. The van der Waals surface area contributed by atoms with Crippen LogP contribution in [0.25, 0.3) is 0 Å². The second-order valence-corrected chi connectivity index (χ2v) is 10.00. The molecule has 0 bridgehead atoms. The molecule has 194 valence electrons. The summed E-state index contributed by atoms with van der Waals surface area (Å²) in [6.45, 7) is 7.94. The van der Waals surface area contributed by atoms with Gasteiger partial charge in [-0.05, 0) is 45.2 Å². The van der Waals surface area contributed by atoms with E-state index in [4.69, 9.17) is 9.47 Å². The Hall–Kier alpha value is -3.76. The number of nitrogens with one attached hydrogen (secondary N) is 1. The summed E-state index contributed by atoms with van der Waals surface area (Å²) in [6, 6.07) is 4.16. The highest BCUT2D eigenvalue weighted by atomic mass is 16.6. The van der Waals surface area contributed by atoms with Gasteiger partial charge in [-0.25, -0.2) is 9.59 Å². The second-order valence-electron chi connectivity index (χ2n) is 10.00. The van der Waals surface area contributed by atoms with E-state index in [0.717, 1.165) is 9.80 Å². The van der Waals surface area contributed by atoms with Crippen LogP contribution in [0.1, 0.15) is 68.2 Å². The summed E-state index contributed by atoms with van der Waals surface area (Å²) in [5, 5.41) is 2.48. The molecule has 2 atom stereocenters. The van der Waals surface area contributed by atoms with E-state index in [1.165, 1.54) is 12.1 Å². The van der Waals surface area contributed by atoms with Crippen molar-refractivity contribution in [1.82, 2.24) is 15.1 Å². The molecule has 3 rings (SSSR count). The number of esters is 1. The van der Waals surface area contributed by atoms with Crippen LogP contribution in [0.15, 0.2) is 24.3 Å². The molecule has 1 fully saturated rings. The smallest absolute Gasteiger partial charge is 0.408 e. The summed E-state index contributed by atoms with van der Waals surface area (Å²) in [4.78, 5) is 77.6. The summed E-state index contributed by atoms with van der Waals surface area (Å²) in [6.07, 6.45) is -0.801. The van der Waals surface area contributed by atoms with Crippen LogP contribution in [0.3, 0.4) is 0 Å². The number of rotatable bonds is 7. The predicted octanol–water partition coefficient (Wildman–Crippen LogP) is 1.89. The van der Waals surface area contributed by atoms with E-state index in [2.05, 4.69) is 5.32 Å². The lowest BCUT2D eigenvalue weighted by atomic mass is 10.0. The number of ether oxygens (including phenoxy) is 2. The Kier molecular flexibility index (Phi) is 7.80. The van der Waals surface area contributed by atoms with Crippen molar-refractivity contribution in [3.8, 4) is 0 Å². The molecule has 1 aromatic rings. The van der Waals surface area contributed by atoms with Gasteiger partial charge in [0.1, 0.15) is 24.3 Å². The van der Waals surface area contributed by atoms with Crippen molar-refractivity contribution in [3.63, 3.8) is 0 Å². The maximum Gasteiger partial charge on any atom is 0.408 e. The zero-order chi connectivity index (χ0) is 26.8. The molecule has 2 aliphatic rings. The molecule has 1 unspecified atom stereocenters. The number of benzene rings is 1. The van der Waals surface area contributed by atoms with Crippen LogP contribution in [-0.2, 0) is 23.9 Å². The third-order valence-electron chi connectivity index (χ3n) is 5.77. The van der Waals surface area contributed by atoms with Gasteiger partial charge in [-0.2, -0.15) is 0 Å². The fourth-order valence-electron chi connectivity index (χ4n) is 4.05. The molecule has 0 aromatic heterocycles. The van der Waals surface area contributed by atoms with E-state index < -0.39 is 53.4 Å². The Labute approximate surface area is 209 Å². The number of hydrogen-bond acceptors (Lipinski definition) is 8. The van der Waals surface area contributed by atoms with E-state index in [9.17, 15) is 28.8 Å². The molecule has 2 aliphatic heterocycles. The first-order valence-electron chi connectivity index (χ1n) is 11.8. The van der Waals surface area contributed by atoms with Crippen molar-refractivity contribution in [2.24, 2.45) is 5.92 Å². The van der Waals surface area contributed by atoms with Crippen LogP contribution in [0.4, 0.5) is 4.79 Å². The first-order valence-corrected chi connectivity index (χ1v) is 11.8. The van der Waals surface area contributed by atoms with Crippen molar-refractivity contribution >= 4 is 35.7 Å². The van der Waals surface area contributed by atoms with Gasteiger partial charge in [0.15, 0.2) is 0 Å². The number of piperidine rings is 1. The fourth-order valence-corrected chi connectivity index (χ4v) is 4.05. The summed E-state index contributed by atoms with van der Waals surface area (Å²) in [5.74, 6) is -3.42. The Morgan fingerprint density at radius 2 is 1.64 bits per heavy atom. The van der Waals surface area contributed by atoms with Crippen molar-refractivity contribution in [3.05, 3.63) is 35.4 Å². The number of carbonyl (C=O) groups is 6. The fraction of sp³-hybridized carbons (Fsp3) is 0.520. The molecule has 36 heavy (non-hydrogen) atoms. The summed E-state index contributed by atoms with van der Waals surface area (Å²) in [5.41, 5.74) is -0.324. The quantitative estimate of drug-likeness (QED) is 0.441. The van der Waals surface area contributed by atoms with E-state index in [0.29, 0.717) is 0 Å². The number of alkyl carbamates (subject to hydrolysis) is 1. The molecule has 5 amide bonds. The minimum Gasteiger partial charge on any atom is -0.462 e. The van der Waals surface area contributed by atoms with Crippen LogP contribution in [0, 0.1) is 5.92 Å². The van der Waals surface area contributed by atoms with Gasteiger partial charge in [0, 0.05) is 6.42 Å². The van der Waals surface area contributed by atoms with Crippen LogP contribution in [0.2, 0.25) is 0 Å². The average molecular weight is 502 g/mol. The predicted molar refractivity (Wildman–Crippen MR) is 126 cm³/mol. The highest BCUT2D eigenvalue weighted by Crippen LogP contribution is 2.29. The van der Waals surface area contributed by atoms with Gasteiger partial charge in [0.2, 0.25) is 5.91 Å². The number of likely N-dealkylation sites (tertiary alicyclic amines) is 1. The van der Waals surface area contributed by atoms with Crippen molar-refractivity contribution in [2.45, 2.75) is 65.1 Å². The topological polar surface area (TPSA) is 139 Å². The molecule has 1 saturated heterocycles. The zero-order valence-corrected chi connectivity index (χ0v) is 21.0. The molecule has 0 saturated carbocycles. The first kappa shape index (κ1) is 26.8. The molecule has 0 spiro atoms. The lowest BCUT2D eigenvalue weighted by Gasteiger charge is -2.34. The molecular formula is C25H31N3O8. The lowest BCUT2D eigenvalue weighted by molar-refractivity contribution is -0.156. The third kappa shape index (κ3) is 5.72. The Morgan fingerprint density at radius 1 is 1.06 bits per heavy atom. The zero-order valence-electron chi connectivity index (χ0n) is 21.0. The van der Waals surface area contributed by atoms with Crippen molar-refractivity contribution < 1.29 is 38.2 Å². The van der Waals surface area contributed by atoms with Gasteiger partial charge in [-0.15, -0.1) is 0 Å². The number of nitrogens with zero attached hydrogens (tertiary/aromatic N) is 2. The van der Waals surface area contributed by atoms with Gasteiger partial charge in [0.25, 0.3) is 17.7 Å². The highest BCUT2D eigenvalue weighted by molar-refractivity contribution is 6.23. The van der Waals surface area contributed by atoms with Gasteiger partial charge in [-0.1, -0.05) is 26.0 Å². The summed E-state index contributed by atoms with van der Waals surface area (Å²) >= 11 is 0. The van der Waals surface area contributed by atoms with Crippen LogP contribution in [-0.4, -0.2) is 76.3 Å². The average Bonchev–Trinajstić information content (AvgIpc) is 3.03. The number of amides is 5. The molecule has 1 aromatic carbocycles. The minimum atomic E-state index is -1.12.